The molecule has 3 fully saturated rings. The molecule has 0 saturated heterocycles. The Morgan fingerprint density at radius 1 is 1.10 bits per heavy atom. The van der Waals surface area contributed by atoms with Gasteiger partial charge in [0.15, 0.2) is 0 Å². The summed E-state index contributed by atoms with van der Waals surface area (Å²) < 4.78 is 0. The molecule has 1 N–H and O–H groups in total. The smallest absolute Gasteiger partial charge is 0.0577 e. The molecular weight excluding hydrogens is 364 g/mol. The van der Waals surface area contributed by atoms with Crippen LogP contribution in [-0.2, 0) is 0 Å². The van der Waals surface area contributed by atoms with Crippen molar-refractivity contribution in [2.75, 3.05) is 0 Å². The standard InChI is InChI=1S/C29H48O/c1-7-19(2)20(3)8-9-21(4)25-12-13-26-24-11-10-22-18-23(30)14-16-28(22,5)27(24)15-17-29(25,26)6/h7,10,20-21,23-27,30H,8-9,11-18H2,1-6H3/t20?,21-,23?,24+,25-,26+,27+,28+,29-/m1/s1. The van der Waals surface area contributed by atoms with Crippen LogP contribution in [0.3, 0.4) is 0 Å². The molecule has 4 aliphatic rings. The fourth-order valence-corrected chi connectivity index (χ4v) is 8.84. The van der Waals surface area contributed by atoms with Gasteiger partial charge in [-0.2, -0.15) is 0 Å². The summed E-state index contributed by atoms with van der Waals surface area (Å²) in [6, 6.07) is 0. The molecule has 0 radical (unpaired) electrons. The molecule has 1 heteroatoms. The van der Waals surface area contributed by atoms with Gasteiger partial charge in [0.2, 0.25) is 0 Å². The van der Waals surface area contributed by atoms with E-state index in [0.717, 1.165) is 48.3 Å². The number of rotatable bonds is 5. The van der Waals surface area contributed by atoms with Crippen molar-refractivity contribution in [3.05, 3.63) is 23.3 Å². The second-order valence-corrected chi connectivity index (χ2v) is 12.4. The Labute approximate surface area is 186 Å². The lowest BCUT2D eigenvalue weighted by atomic mass is 9.47. The van der Waals surface area contributed by atoms with Crippen LogP contribution < -0.4 is 0 Å². The summed E-state index contributed by atoms with van der Waals surface area (Å²) in [7, 11) is 0. The van der Waals surface area contributed by atoms with E-state index in [1.54, 1.807) is 11.1 Å². The van der Waals surface area contributed by atoms with Gasteiger partial charge in [-0.25, -0.2) is 0 Å². The minimum absolute atomic E-state index is 0.0833. The molecule has 3 saturated carbocycles. The van der Waals surface area contributed by atoms with Crippen molar-refractivity contribution in [2.45, 2.75) is 112 Å². The van der Waals surface area contributed by atoms with E-state index in [1.165, 1.54) is 51.4 Å². The maximum Gasteiger partial charge on any atom is 0.0577 e. The molecule has 30 heavy (non-hydrogen) atoms. The van der Waals surface area contributed by atoms with E-state index in [1.807, 2.05) is 0 Å². The first-order valence-electron chi connectivity index (χ1n) is 13.2. The van der Waals surface area contributed by atoms with Gasteiger partial charge in [0.05, 0.1) is 6.10 Å². The Kier molecular flexibility index (Phi) is 6.35. The topological polar surface area (TPSA) is 20.2 Å². The van der Waals surface area contributed by atoms with Gasteiger partial charge in [-0.3, -0.25) is 0 Å². The van der Waals surface area contributed by atoms with Crippen LogP contribution in [0.15, 0.2) is 23.3 Å². The van der Waals surface area contributed by atoms with E-state index in [2.05, 4.69) is 53.7 Å². The largest absolute Gasteiger partial charge is 0.393 e. The zero-order valence-corrected chi connectivity index (χ0v) is 20.7. The van der Waals surface area contributed by atoms with Crippen LogP contribution in [0.1, 0.15) is 106 Å². The Morgan fingerprint density at radius 2 is 1.87 bits per heavy atom. The SMILES string of the molecule is CC=C(C)C(C)CC[C@@H](C)[C@H]1CC[C@H]2[C@@H]3CC=C4CC(O)CC[C@]4(C)[C@H]3CC[C@]12C. The number of aliphatic hydroxyl groups is 1. The van der Waals surface area contributed by atoms with E-state index in [4.69, 9.17) is 0 Å². The molecular formula is C29H48O. The fraction of sp³-hybridized carbons (Fsp3) is 0.862. The summed E-state index contributed by atoms with van der Waals surface area (Å²) in [6.07, 6.45) is 17.8. The highest BCUT2D eigenvalue weighted by Crippen LogP contribution is 2.67. The van der Waals surface area contributed by atoms with Crippen LogP contribution in [0.4, 0.5) is 0 Å². The Morgan fingerprint density at radius 3 is 2.60 bits per heavy atom. The highest BCUT2D eigenvalue weighted by Gasteiger charge is 2.59. The van der Waals surface area contributed by atoms with Crippen molar-refractivity contribution in [2.24, 2.45) is 46.3 Å². The van der Waals surface area contributed by atoms with Crippen molar-refractivity contribution < 1.29 is 5.11 Å². The molecule has 1 nitrogen and oxygen atoms in total. The highest BCUT2D eigenvalue weighted by molar-refractivity contribution is 5.25. The molecule has 0 heterocycles. The molecule has 4 rings (SSSR count). The minimum atomic E-state index is -0.0833. The maximum atomic E-state index is 10.2. The average molecular weight is 413 g/mol. The molecule has 0 aliphatic heterocycles. The highest BCUT2D eigenvalue weighted by atomic mass is 16.3. The molecule has 0 bridgehead atoms. The zero-order valence-electron chi connectivity index (χ0n) is 20.7. The zero-order chi connectivity index (χ0) is 21.7. The number of fused-ring (bicyclic) bond motifs is 5. The molecule has 4 aliphatic carbocycles. The predicted molar refractivity (Wildman–Crippen MR) is 128 cm³/mol. The van der Waals surface area contributed by atoms with E-state index in [0.29, 0.717) is 10.8 Å². The van der Waals surface area contributed by atoms with Crippen molar-refractivity contribution in [3.63, 3.8) is 0 Å². The number of allylic oxidation sites excluding steroid dienone is 3. The van der Waals surface area contributed by atoms with Gasteiger partial charge >= 0.3 is 0 Å². The first kappa shape index (κ1) is 22.6. The summed E-state index contributed by atoms with van der Waals surface area (Å²) in [4.78, 5) is 0. The molecule has 170 valence electrons. The van der Waals surface area contributed by atoms with Gasteiger partial charge in [0.25, 0.3) is 0 Å². The van der Waals surface area contributed by atoms with Gasteiger partial charge in [-0.1, -0.05) is 51.0 Å². The fourth-order valence-electron chi connectivity index (χ4n) is 8.84. The molecule has 9 atom stereocenters. The van der Waals surface area contributed by atoms with Crippen LogP contribution in [0, 0.1) is 46.3 Å². The molecule has 2 unspecified atom stereocenters. The normalized spacial score (nSPS) is 45.8. The predicted octanol–water partition coefficient (Wildman–Crippen LogP) is 7.94. The van der Waals surface area contributed by atoms with Gasteiger partial charge < -0.3 is 5.11 Å². The Hall–Kier alpha value is -0.560. The van der Waals surface area contributed by atoms with Gasteiger partial charge in [-0.05, 0) is 124 Å². The molecule has 0 aromatic carbocycles. The molecule has 0 aromatic rings. The van der Waals surface area contributed by atoms with Crippen LogP contribution >= 0.6 is 0 Å². The third kappa shape index (κ3) is 3.66. The van der Waals surface area contributed by atoms with Crippen molar-refractivity contribution in [1.82, 2.24) is 0 Å². The summed E-state index contributed by atoms with van der Waals surface area (Å²) in [5, 5.41) is 10.2. The first-order chi connectivity index (χ1) is 14.2. The summed E-state index contributed by atoms with van der Waals surface area (Å²) in [5.74, 6) is 5.22. The van der Waals surface area contributed by atoms with Crippen LogP contribution in [0.2, 0.25) is 0 Å². The average Bonchev–Trinajstić information content (AvgIpc) is 3.09. The Bertz CT molecular complexity index is 688. The molecule has 0 spiro atoms. The second-order valence-electron chi connectivity index (χ2n) is 12.4. The minimum Gasteiger partial charge on any atom is -0.393 e. The number of hydrogen-bond acceptors (Lipinski definition) is 1. The number of aliphatic hydroxyl groups excluding tert-OH is 1. The van der Waals surface area contributed by atoms with Crippen molar-refractivity contribution >= 4 is 0 Å². The summed E-state index contributed by atoms with van der Waals surface area (Å²) >= 11 is 0. The maximum absolute atomic E-state index is 10.2. The van der Waals surface area contributed by atoms with E-state index < -0.39 is 0 Å². The third-order valence-corrected chi connectivity index (χ3v) is 11.1. The van der Waals surface area contributed by atoms with Crippen LogP contribution in [0.5, 0.6) is 0 Å². The van der Waals surface area contributed by atoms with Gasteiger partial charge in [0, 0.05) is 0 Å². The summed E-state index contributed by atoms with van der Waals surface area (Å²) in [6.45, 7) is 14.7. The quantitative estimate of drug-likeness (QED) is 0.454. The third-order valence-electron chi connectivity index (χ3n) is 11.1. The van der Waals surface area contributed by atoms with E-state index in [9.17, 15) is 5.11 Å². The summed E-state index contributed by atoms with van der Waals surface area (Å²) in [5.41, 5.74) is 4.12. The first-order valence-corrected chi connectivity index (χ1v) is 13.2. The lowest BCUT2D eigenvalue weighted by Crippen LogP contribution is -2.50. The van der Waals surface area contributed by atoms with E-state index in [-0.39, 0.29) is 6.10 Å². The van der Waals surface area contributed by atoms with Crippen molar-refractivity contribution in [3.8, 4) is 0 Å². The van der Waals surface area contributed by atoms with Gasteiger partial charge in [-0.15, -0.1) is 0 Å². The second kappa shape index (κ2) is 8.42. The number of hydrogen-bond donors (Lipinski definition) is 1. The molecule has 0 aromatic heterocycles. The van der Waals surface area contributed by atoms with Crippen LogP contribution in [0.25, 0.3) is 0 Å². The lowest BCUT2D eigenvalue weighted by molar-refractivity contribution is -0.0573. The lowest BCUT2D eigenvalue weighted by Gasteiger charge is -2.58. The van der Waals surface area contributed by atoms with Crippen LogP contribution in [-0.4, -0.2) is 11.2 Å². The molecule has 0 amide bonds. The van der Waals surface area contributed by atoms with Gasteiger partial charge in [0.1, 0.15) is 0 Å². The van der Waals surface area contributed by atoms with E-state index >= 15 is 0 Å². The monoisotopic (exact) mass is 412 g/mol. The Balaban J connectivity index is 1.47. The van der Waals surface area contributed by atoms with Crippen molar-refractivity contribution in [1.29, 1.82) is 0 Å².